The van der Waals surface area contributed by atoms with Crippen LogP contribution >= 0.6 is 23.4 Å². The average molecular weight is 320 g/mol. The number of anilines is 1. The van der Waals surface area contributed by atoms with Crippen LogP contribution in [0.4, 0.5) is 5.69 Å². The van der Waals surface area contributed by atoms with Gasteiger partial charge in [-0.1, -0.05) is 37.6 Å². The lowest BCUT2D eigenvalue weighted by atomic mass is 10.0. The zero-order chi connectivity index (χ0) is 15.4. The van der Waals surface area contributed by atoms with Gasteiger partial charge in [-0.05, 0) is 48.1 Å². The molecule has 21 heavy (non-hydrogen) atoms. The molecule has 4 heteroatoms. The highest BCUT2D eigenvalue weighted by Gasteiger charge is 2.12. The van der Waals surface area contributed by atoms with Gasteiger partial charge >= 0.3 is 0 Å². The highest BCUT2D eigenvalue weighted by Crippen LogP contribution is 2.24. The monoisotopic (exact) mass is 319 g/mol. The summed E-state index contributed by atoms with van der Waals surface area (Å²) < 4.78 is 0. The van der Waals surface area contributed by atoms with Crippen LogP contribution in [0.25, 0.3) is 0 Å². The van der Waals surface area contributed by atoms with E-state index in [0.717, 1.165) is 10.6 Å². The molecule has 2 aromatic rings. The number of benzene rings is 2. The molecule has 2 nitrogen and oxygen atoms in total. The molecule has 0 aliphatic carbocycles. The van der Waals surface area contributed by atoms with Gasteiger partial charge in [-0.25, -0.2) is 0 Å². The van der Waals surface area contributed by atoms with Crippen LogP contribution in [-0.2, 0) is 0 Å². The van der Waals surface area contributed by atoms with Gasteiger partial charge in [0, 0.05) is 10.6 Å². The maximum absolute atomic E-state index is 12.4. The maximum atomic E-state index is 12.4. The fourth-order valence-electron chi connectivity index (χ4n) is 1.98. The van der Waals surface area contributed by atoms with Crippen molar-refractivity contribution in [2.45, 2.75) is 24.7 Å². The summed E-state index contributed by atoms with van der Waals surface area (Å²) in [6.45, 7) is 4.25. The van der Waals surface area contributed by atoms with Crippen molar-refractivity contribution >= 4 is 35.0 Å². The summed E-state index contributed by atoms with van der Waals surface area (Å²) in [7, 11) is 0. The van der Waals surface area contributed by atoms with Crippen LogP contribution in [0, 0.1) is 0 Å². The summed E-state index contributed by atoms with van der Waals surface area (Å²) >= 11 is 7.71. The lowest BCUT2D eigenvalue weighted by Crippen LogP contribution is -2.12. The highest BCUT2D eigenvalue weighted by atomic mass is 35.5. The third kappa shape index (κ3) is 4.02. The van der Waals surface area contributed by atoms with Crippen LogP contribution in [-0.4, -0.2) is 12.2 Å². The van der Waals surface area contributed by atoms with Crippen molar-refractivity contribution in [2.24, 2.45) is 0 Å². The Kier molecular flexibility index (Phi) is 5.32. The van der Waals surface area contributed by atoms with Gasteiger partial charge in [0.25, 0.3) is 5.91 Å². The van der Waals surface area contributed by atoms with E-state index in [1.807, 2.05) is 36.6 Å². The number of carbonyl (C=O) groups excluding carboxylic acids is 1. The van der Waals surface area contributed by atoms with Crippen LogP contribution < -0.4 is 5.32 Å². The SMILES string of the molecule is CSc1ccc(Cl)c(C(=O)Nc2cccc(C(C)C)c2)c1. The molecule has 110 valence electrons. The molecule has 1 amide bonds. The summed E-state index contributed by atoms with van der Waals surface area (Å²) in [5, 5.41) is 3.38. The van der Waals surface area contributed by atoms with E-state index in [9.17, 15) is 4.79 Å². The number of rotatable bonds is 4. The van der Waals surface area contributed by atoms with Crippen molar-refractivity contribution < 1.29 is 4.79 Å². The summed E-state index contributed by atoms with van der Waals surface area (Å²) in [5.41, 5.74) is 2.48. The van der Waals surface area contributed by atoms with Crippen LogP contribution in [0.5, 0.6) is 0 Å². The zero-order valence-electron chi connectivity index (χ0n) is 12.3. The number of nitrogens with one attached hydrogen (secondary N) is 1. The average Bonchev–Trinajstić information content (AvgIpc) is 2.48. The number of amides is 1. The molecule has 0 saturated carbocycles. The zero-order valence-corrected chi connectivity index (χ0v) is 13.9. The number of hydrogen-bond donors (Lipinski definition) is 1. The second-order valence-electron chi connectivity index (χ2n) is 5.08. The fourth-order valence-corrected chi connectivity index (χ4v) is 2.62. The molecular formula is C17H18ClNOS. The Labute approximate surface area is 134 Å². The van der Waals surface area contributed by atoms with E-state index in [-0.39, 0.29) is 5.91 Å². The quantitative estimate of drug-likeness (QED) is 0.760. The number of halogens is 1. The molecular weight excluding hydrogens is 302 g/mol. The first kappa shape index (κ1) is 15.9. The van der Waals surface area contributed by atoms with Gasteiger partial charge < -0.3 is 5.32 Å². The number of thioether (sulfide) groups is 1. The van der Waals surface area contributed by atoms with Crippen molar-refractivity contribution in [3.63, 3.8) is 0 Å². The Balaban J connectivity index is 2.24. The first-order valence-electron chi connectivity index (χ1n) is 6.76. The summed E-state index contributed by atoms with van der Waals surface area (Å²) in [5.74, 6) is 0.238. The van der Waals surface area contributed by atoms with E-state index in [1.165, 1.54) is 5.56 Å². The molecule has 0 unspecified atom stereocenters. The van der Waals surface area contributed by atoms with Crippen molar-refractivity contribution in [1.82, 2.24) is 0 Å². The molecule has 0 heterocycles. The van der Waals surface area contributed by atoms with Crippen molar-refractivity contribution in [2.75, 3.05) is 11.6 Å². The minimum absolute atomic E-state index is 0.184. The van der Waals surface area contributed by atoms with Gasteiger partial charge in [-0.2, -0.15) is 0 Å². The van der Waals surface area contributed by atoms with E-state index in [2.05, 4.69) is 25.2 Å². The van der Waals surface area contributed by atoms with E-state index >= 15 is 0 Å². The predicted molar refractivity (Wildman–Crippen MR) is 91.7 cm³/mol. The van der Waals surface area contributed by atoms with Crippen molar-refractivity contribution in [1.29, 1.82) is 0 Å². The molecule has 2 aromatic carbocycles. The van der Waals surface area contributed by atoms with Crippen LogP contribution in [0.2, 0.25) is 5.02 Å². The topological polar surface area (TPSA) is 29.1 Å². The van der Waals surface area contributed by atoms with Crippen LogP contribution in [0.3, 0.4) is 0 Å². The minimum Gasteiger partial charge on any atom is -0.322 e. The molecule has 0 radical (unpaired) electrons. The summed E-state index contributed by atoms with van der Waals surface area (Å²) in [6.07, 6.45) is 1.97. The number of carbonyl (C=O) groups is 1. The van der Waals surface area contributed by atoms with Gasteiger partial charge in [-0.15, -0.1) is 11.8 Å². The smallest absolute Gasteiger partial charge is 0.257 e. The molecule has 0 aliphatic heterocycles. The van der Waals surface area contributed by atoms with Crippen LogP contribution in [0.1, 0.15) is 35.7 Å². The normalized spacial score (nSPS) is 10.7. The molecule has 0 spiro atoms. The van der Waals surface area contributed by atoms with Crippen molar-refractivity contribution in [3.8, 4) is 0 Å². The largest absolute Gasteiger partial charge is 0.322 e. The molecule has 0 saturated heterocycles. The first-order valence-corrected chi connectivity index (χ1v) is 8.36. The van der Waals surface area contributed by atoms with Gasteiger partial charge in [0.1, 0.15) is 0 Å². The molecule has 1 N–H and O–H groups in total. The Morgan fingerprint density at radius 1 is 1.19 bits per heavy atom. The third-order valence-electron chi connectivity index (χ3n) is 3.23. The molecule has 0 atom stereocenters. The predicted octanol–water partition coefficient (Wildman–Crippen LogP) is 5.44. The standard InChI is InChI=1S/C17H18ClNOS/c1-11(2)12-5-4-6-13(9-12)19-17(20)15-10-14(21-3)7-8-16(15)18/h4-11H,1-3H3,(H,19,20). The van der Waals surface area contributed by atoms with Crippen LogP contribution in [0.15, 0.2) is 47.4 Å². The van der Waals surface area contributed by atoms with Gasteiger partial charge in [0.05, 0.1) is 10.6 Å². The second-order valence-corrected chi connectivity index (χ2v) is 6.37. The Morgan fingerprint density at radius 3 is 2.62 bits per heavy atom. The van der Waals surface area contributed by atoms with E-state index in [4.69, 9.17) is 11.6 Å². The van der Waals surface area contributed by atoms with Gasteiger partial charge in [-0.3, -0.25) is 4.79 Å². The second kappa shape index (κ2) is 7.01. The van der Waals surface area contributed by atoms with E-state index in [1.54, 1.807) is 17.8 Å². The molecule has 0 fully saturated rings. The molecule has 0 aromatic heterocycles. The molecule has 0 bridgehead atoms. The lowest BCUT2D eigenvalue weighted by molar-refractivity contribution is 0.102. The third-order valence-corrected chi connectivity index (χ3v) is 4.28. The summed E-state index contributed by atoms with van der Waals surface area (Å²) in [6, 6.07) is 13.4. The van der Waals surface area contributed by atoms with E-state index < -0.39 is 0 Å². The Hall–Kier alpha value is -1.45. The van der Waals surface area contributed by atoms with Gasteiger partial charge in [0.2, 0.25) is 0 Å². The van der Waals surface area contributed by atoms with Gasteiger partial charge in [0.15, 0.2) is 0 Å². The maximum Gasteiger partial charge on any atom is 0.257 e. The summed E-state index contributed by atoms with van der Waals surface area (Å²) in [4.78, 5) is 13.4. The Bertz CT molecular complexity index is 655. The molecule has 0 aliphatic rings. The van der Waals surface area contributed by atoms with E-state index in [0.29, 0.717) is 16.5 Å². The number of hydrogen-bond acceptors (Lipinski definition) is 2. The fraction of sp³-hybridized carbons (Fsp3) is 0.235. The molecule has 2 rings (SSSR count). The Morgan fingerprint density at radius 2 is 1.95 bits per heavy atom. The lowest BCUT2D eigenvalue weighted by Gasteiger charge is -2.11. The highest BCUT2D eigenvalue weighted by molar-refractivity contribution is 7.98. The minimum atomic E-state index is -0.184. The van der Waals surface area contributed by atoms with Crippen molar-refractivity contribution in [3.05, 3.63) is 58.6 Å². The first-order chi connectivity index (χ1) is 10.0.